The Hall–Kier alpha value is -0.820. The fourth-order valence-corrected chi connectivity index (χ4v) is 5.10. The van der Waals surface area contributed by atoms with Crippen molar-refractivity contribution in [2.75, 3.05) is 6.54 Å². The van der Waals surface area contributed by atoms with Crippen LogP contribution in [0.5, 0.6) is 0 Å². The maximum Gasteiger partial charge on any atom is 0.0356 e. The first kappa shape index (κ1) is 15.1. The Labute approximate surface area is 130 Å². The first-order valence-corrected chi connectivity index (χ1v) is 8.83. The average Bonchev–Trinajstić information content (AvgIpc) is 3.07. The van der Waals surface area contributed by atoms with E-state index in [9.17, 15) is 0 Å². The molecule has 3 rings (SSSR count). The number of rotatable bonds is 4. The molecule has 2 aliphatic carbocycles. The largest absolute Gasteiger partial charge is 0.310 e. The van der Waals surface area contributed by atoms with Crippen LogP contribution in [0.1, 0.15) is 66.5 Å². The van der Waals surface area contributed by atoms with Gasteiger partial charge >= 0.3 is 0 Å². The summed E-state index contributed by atoms with van der Waals surface area (Å²) in [5.74, 6) is 2.86. The molecule has 1 aromatic carbocycles. The van der Waals surface area contributed by atoms with Crippen molar-refractivity contribution in [1.82, 2.24) is 5.32 Å². The van der Waals surface area contributed by atoms with Gasteiger partial charge in [0, 0.05) is 6.04 Å². The van der Waals surface area contributed by atoms with E-state index in [1.165, 1.54) is 47.9 Å². The molecule has 1 heteroatoms. The Kier molecular flexibility index (Phi) is 4.14. The first-order valence-electron chi connectivity index (χ1n) is 8.83. The summed E-state index contributed by atoms with van der Waals surface area (Å²) < 4.78 is 0. The van der Waals surface area contributed by atoms with Crippen molar-refractivity contribution in [2.24, 2.45) is 17.8 Å². The monoisotopic (exact) mass is 285 g/mol. The van der Waals surface area contributed by atoms with Crippen molar-refractivity contribution < 1.29 is 0 Å². The van der Waals surface area contributed by atoms with Crippen LogP contribution in [-0.2, 0) is 0 Å². The molecule has 4 unspecified atom stereocenters. The molecule has 4 atom stereocenters. The van der Waals surface area contributed by atoms with E-state index < -0.39 is 0 Å². The van der Waals surface area contributed by atoms with E-state index in [4.69, 9.17) is 0 Å². The average molecular weight is 285 g/mol. The lowest BCUT2D eigenvalue weighted by atomic mass is 9.77. The van der Waals surface area contributed by atoms with Gasteiger partial charge < -0.3 is 5.32 Å². The molecule has 2 saturated carbocycles. The van der Waals surface area contributed by atoms with Crippen LogP contribution in [-0.4, -0.2) is 6.54 Å². The summed E-state index contributed by atoms with van der Waals surface area (Å²) in [4.78, 5) is 0. The molecule has 0 radical (unpaired) electrons. The van der Waals surface area contributed by atoms with Gasteiger partial charge in [0.25, 0.3) is 0 Å². The SMILES string of the molecule is CCNC(c1c(C)c(C)cc(C)c1C)C1CC2CCC1C2. The van der Waals surface area contributed by atoms with E-state index in [2.05, 4.69) is 46.0 Å². The van der Waals surface area contributed by atoms with E-state index >= 15 is 0 Å². The van der Waals surface area contributed by atoms with E-state index in [1.54, 1.807) is 5.56 Å². The lowest BCUT2D eigenvalue weighted by Crippen LogP contribution is -2.32. The van der Waals surface area contributed by atoms with E-state index in [0.29, 0.717) is 6.04 Å². The van der Waals surface area contributed by atoms with Gasteiger partial charge in [-0.3, -0.25) is 0 Å². The second-order valence-corrected chi connectivity index (χ2v) is 7.55. The predicted molar refractivity (Wildman–Crippen MR) is 90.7 cm³/mol. The Morgan fingerprint density at radius 3 is 2.19 bits per heavy atom. The normalized spacial score (nSPS) is 29.1. The smallest absolute Gasteiger partial charge is 0.0356 e. The van der Waals surface area contributed by atoms with Crippen LogP contribution >= 0.6 is 0 Å². The van der Waals surface area contributed by atoms with Crippen LogP contribution in [0.15, 0.2) is 6.07 Å². The molecule has 1 N–H and O–H groups in total. The maximum absolute atomic E-state index is 3.86. The molecular weight excluding hydrogens is 254 g/mol. The van der Waals surface area contributed by atoms with Gasteiger partial charge in [0.2, 0.25) is 0 Å². The van der Waals surface area contributed by atoms with Gasteiger partial charge in [0.15, 0.2) is 0 Å². The van der Waals surface area contributed by atoms with Crippen LogP contribution in [0.4, 0.5) is 0 Å². The van der Waals surface area contributed by atoms with Crippen molar-refractivity contribution in [3.8, 4) is 0 Å². The first-order chi connectivity index (χ1) is 10.0. The predicted octanol–water partition coefficient (Wildman–Crippen LogP) is 5.01. The minimum Gasteiger partial charge on any atom is -0.310 e. The van der Waals surface area contributed by atoms with E-state index in [1.807, 2.05) is 0 Å². The number of aryl methyl sites for hydroxylation is 2. The highest BCUT2D eigenvalue weighted by Crippen LogP contribution is 2.53. The van der Waals surface area contributed by atoms with Crippen LogP contribution in [0.25, 0.3) is 0 Å². The Balaban J connectivity index is 2.02. The Bertz CT molecular complexity index is 505. The third-order valence-corrected chi connectivity index (χ3v) is 6.38. The molecule has 1 aromatic rings. The molecule has 0 saturated heterocycles. The molecule has 116 valence electrons. The molecular formula is C20H31N. The van der Waals surface area contributed by atoms with Crippen LogP contribution < -0.4 is 5.32 Å². The van der Waals surface area contributed by atoms with Crippen LogP contribution in [0.2, 0.25) is 0 Å². The van der Waals surface area contributed by atoms with Gasteiger partial charge in [-0.1, -0.05) is 19.4 Å². The van der Waals surface area contributed by atoms with Gasteiger partial charge in [-0.15, -0.1) is 0 Å². The molecule has 0 amide bonds. The van der Waals surface area contributed by atoms with Gasteiger partial charge in [-0.05, 0) is 99.1 Å². The van der Waals surface area contributed by atoms with Crippen molar-refractivity contribution >= 4 is 0 Å². The van der Waals surface area contributed by atoms with Crippen molar-refractivity contribution in [1.29, 1.82) is 0 Å². The van der Waals surface area contributed by atoms with E-state index in [-0.39, 0.29) is 0 Å². The van der Waals surface area contributed by atoms with Crippen LogP contribution in [0, 0.1) is 45.4 Å². The summed E-state index contributed by atoms with van der Waals surface area (Å²) in [7, 11) is 0. The van der Waals surface area contributed by atoms with Gasteiger partial charge in [-0.2, -0.15) is 0 Å². The third kappa shape index (κ3) is 2.54. The van der Waals surface area contributed by atoms with Crippen molar-refractivity contribution in [3.05, 3.63) is 33.9 Å². The summed E-state index contributed by atoms with van der Waals surface area (Å²) in [6, 6.07) is 2.93. The standard InChI is InChI=1S/C20H31N/c1-6-21-20(18-11-16-7-8-17(18)10-16)19-14(4)12(2)9-13(3)15(19)5/h9,16-18,20-21H,6-8,10-11H2,1-5H3. The summed E-state index contributed by atoms with van der Waals surface area (Å²) in [6.45, 7) is 12.5. The Morgan fingerprint density at radius 2 is 1.71 bits per heavy atom. The van der Waals surface area contributed by atoms with Gasteiger partial charge in [-0.25, -0.2) is 0 Å². The van der Waals surface area contributed by atoms with E-state index in [0.717, 1.165) is 24.3 Å². The maximum atomic E-state index is 3.86. The second-order valence-electron chi connectivity index (χ2n) is 7.55. The lowest BCUT2D eigenvalue weighted by Gasteiger charge is -2.34. The molecule has 2 aliphatic rings. The molecule has 0 heterocycles. The minimum atomic E-state index is 0.573. The van der Waals surface area contributed by atoms with Crippen molar-refractivity contribution in [2.45, 2.75) is 66.3 Å². The second kappa shape index (κ2) is 5.76. The number of hydrogen-bond donors (Lipinski definition) is 1. The number of fused-ring (bicyclic) bond motifs is 2. The lowest BCUT2D eigenvalue weighted by molar-refractivity contribution is 0.252. The molecule has 21 heavy (non-hydrogen) atoms. The number of nitrogens with one attached hydrogen (secondary N) is 1. The summed E-state index contributed by atoms with van der Waals surface area (Å²) in [6.07, 6.45) is 5.91. The molecule has 0 aromatic heterocycles. The molecule has 2 fully saturated rings. The summed E-state index contributed by atoms with van der Waals surface area (Å²) in [5.41, 5.74) is 7.57. The fraction of sp³-hybridized carbons (Fsp3) is 0.700. The fourth-order valence-electron chi connectivity index (χ4n) is 5.10. The molecule has 2 bridgehead atoms. The van der Waals surface area contributed by atoms with Crippen LogP contribution in [0.3, 0.4) is 0 Å². The highest BCUT2D eigenvalue weighted by molar-refractivity contribution is 5.46. The topological polar surface area (TPSA) is 12.0 Å². The zero-order valence-electron chi connectivity index (χ0n) is 14.4. The number of hydrogen-bond acceptors (Lipinski definition) is 1. The molecule has 0 aliphatic heterocycles. The third-order valence-electron chi connectivity index (χ3n) is 6.38. The number of benzene rings is 1. The highest BCUT2D eigenvalue weighted by Gasteiger charge is 2.43. The quantitative estimate of drug-likeness (QED) is 0.820. The highest BCUT2D eigenvalue weighted by atomic mass is 14.9. The minimum absolute atomic E-state index is 0.573. The molecule has 1 nitrogen and oxygen atoms in total. The molecule has 0 spiro atoms. The summed E-state index contributed by atoms with van der Waals surface area (Å²) in [5, 5.41) is 3.86. The zero-order valence-corrected chi connectivity index (χ0v) is 14.4. The Morgan fingerprint density at radius 1 is 1.05 bits per heavy atom. The zero-order chi connectivity index (χ0) is 15.1. The van der Waals surface area contributed by atoms with Crippen molar-refractivity contribution in [3.63, 3.8) is 0 Å². The summed E-state index contributed by atoms with van der Waals surface area (Å²) >= 11 is 0. The van der Waals surface area contributed by atoms with Gasteiger partial charge in [0.1, 0.15) is 0 Å². The van der Waals surface area contributed by atoms with Gasteiger partial charge in [0.05, 0.1) is 0 Å².